The highest BCUT2D eigenvalue weighted by molar-refractivity contribution is 5.93. The van der Waals surface area contributed by atoms with Crippen molar-refractivity contribution in [3.05, 3.63) is 53.6 Å². The molecule has 0 bridgehead atoms. The van der Waals surface area contributed by atoms with Crippen LogP contribution in [0.2, 0.25) is 0 Å². The van der Waals surface area contributed by atoms with Gasteiger partial charge < -0.3 is 9.64 Å². The van der Waals surface area contributed by atoms with Crippen LogP contribution in [-0.2, 0) is 0 Å². The van der Waals surface area contributed by atoms with Crippen LogP contribution < -0.4 is 4.74 Å². The molecule has 2 aromatic rings. The highest BCUT2D eigenvalue weighted by Crippen LogP contribution is 2.20. The van der Waals surface area contributed by atoms with Crippen LogP contribution >= 0.6 is 0 Å². The standard InChI is InChI=1S/C15H16FN3O2/c1-10(11-4-6-13(16)7-5-11)19(2)14(20)12-8-17-15(21-3)18-9-12/h4-10H,1-3H3. The van der Waals surface area contributed by atoms with E-state index in [1.54, 1.807) is 24.1 Å². The fraction of sp³-hybridized carbons (Fsp3) is 0.267. The first kappa shape index (κ1) is 14.9. The molecule has 0 N–H and O–H groups in total. The number of carbonyl (C=O) groups is 1. The predicted molar refractivity (Wildman–Crippen MR) is 75.5 cm³/mol. The van der Waals surface area contributed by atoms with Crippen LogP contribution in [-0.4, -0.2) is 34.9 Å². The molecule has 1 heterocycles. The molecular weight excluding hydrogens is 273 g/mol. The number of carbonyl (C=O) groups excluding carboxylic acids is 1. The van der Waals surface area contributed by atoms with E-state index in [1.807, 2.05) is 6.92 Å². The van der Waals surface area contributed by atoms with Crippen molar-refractivity contribution < 1.29 is 13.9 Å². The van der Waals surface area contributed by atoms with Crippen molar-refractivity contribution in [2.75, 3.05) is 14.2 Å². The van der Waals surface area contributed by atoms with E-state index in [-0.39, 0.29) is 23.8 Å². The minimum atomic E-state index is -0.302. The van der Waals surface area contributed by atoms with Crippen molar-refractivity contribution in [3.63, 3.8) is 0 Å². The fourth-order valence-electron chi connectivity index (χ4n) is 1.88. The molecule has 110 valence electrons. The van der Waals surface area contributed by atoms with E-state index >= 15 is 0 Å². The van der Waals surface area contributed by atoms with Crippen LogP contribution in [0.15, 0.2) is 36.7 Å². The van der Waals surface area contributed by atoms with Gasteiger partial charge in [0.05, 0.1) is 18.7 Å². The summed E-state index contributed by atoms with van der Waals surface area (Å²) in [5, 5.41) is 0. The average Bonchev–Trinajstić information content (AvgIpc) is 2.53. The third kappa shape index (κ3) is 3.34. The summed E-state index contributed by atoms with van der Waals surface area (Å²) in [6.07, 6.45) is 2.84. The van der Waals surface area contributed by atoms with Crippen molar-refractivity contribution in [2.45, 2.75) is 13.0 Å². The monoisotopic (exact) mass is 289 g/mol. The first-order valence-corrected chi connectivity index (χ1v) is 6.41. The lowest BCUT2D eigenvalue weighted by Crippen LogP contribution is -2.29. The molecule has 1 amide bonds. The zero-order valence-corrected chi connectivity index (χ0v) is 12.1. The summed E-state index contributed by atoms with van der Waals surface area (Å²) in [4.78, 5) is 21.7. The van der Waals surface area contributed by atoms with Crippen LogP contribution in [0.3, 0.4) is 0 Å². The maximum absolute atomic E-state index is 12.9. The third-order valence-electron chi connectivity index (χ3n) is 3.31. The van der Waals surface area contributed by atoms with Gasteiger partial charge in [0.1, 0.15) is 5.82 Å². The summed E-state index contributed by atoms with van der Waals surface area (Å²) >= 11 is 0. The molecule has 21 heavy (non-hydrogen) atoms. The lowest BCUT2D eigenvalue weighted by atomic mass is 10.1. The van der Waals surface area contributed by atoms with Gasteiger partial charge in [0, 0.05) is 19.4 Å². The Kier molecular flexibility index (Phi) is 4.47. The van der Waals surface area contributed by atoms with Gasteiger partial charge in [0.15, 0.2) is 0 Å². The van der Waals surface area contributed by atoms with Crippen molar-refractivity contribution in [1.29, 1.82) is 0 Å². The second-order valence-corrected chi connectivity index (χ2v) is 4.60. The van der Waals surface area contributed by atoms with Gasteiger partial charge in [-0.05, 0) is 24.6 Å². The van der Waals surface area contributed by atoms with Crippen LogP contribution in [0.1, 0.15) is 28.9 Å². The van der Waals surface area contributed by atoms with Crippen LogP contribution in [0.4, 0.5) is 4.39 Å². The molecule has 0 spiro atoms. The Morgan fingerprint density at radius 3 is 2.33 bits per heavy atom. The van der Waals surface area contributed by atoms with Crippen molar-refractivity contribution >= 4 is 5.91 Å². The molecule has 1 unspecified atom stereocenters. The lowest BCUT2D eigenvalue weighted by Gasteiger charge is -2.25. The Hall–Kier alpha value is -2.50. The Morgan fingerprint density at radius 1 is 1.24 bits per heavy atom. The van der Waals surface area contributed by atoms with Gasteiger partial charge in [-0.25, -0.2) is 14.4 Å². The first-order chi connectivity index (χ1) is 10.0. The molecule has 0 radical (unpaired) electrons. The normalized spacial score (nSPS) is 11.8. The van der Waals surface area contributed by atoms with Crippen LogP contribution in [0.25, 0.3) is 0 Å². The van der Waals surface area contributed by atoms with Crippen molar-refractivity contribution in [3.8, 4) is 6.01 Å². The number of rotatable bonds is 4. The summed E-state index contributed by atoms with van der Waals surface area (Å²) in [5.41, 5.74) is 1.22. The smallest absolute Gasteiger partial charge is 0.316 e. The molecule has 1 aromatic carbocycles. The molecule has 0 saturated carbocycles. The zero-order chi connectivity index (χ0) is 15.4. The summed E-state index contributed by atoms with van der Waals surface area (Å²) in [7, 11) is 3.14. The predicted octanol–water partition coefficient (Wildman–Crippen LogP) is 2.46. The summed E-state index contributed by atoms with van der Waals surface area (Å²) in [6.45, 7) is 1.87. The topological polar surface area (TPSA) is 55.3 Å². The molecule has 0 saturated heterocycles. The molecule has 2 rings (SSSR count). The third-order valence-corrected chi connectivity index (χ3v) is 3.31. The van der Waals surface area contributed by atoms with Gasteiger partial charge in [-0.1, -0.05) is 12.1 Å². The summed E-state index contributed by atoms with van der Waals surface area (Å²) in [6, 6.07) is 6.09. The van der Waals surface area contributed by atoms with Gasteiger partial charge >= 0.3 is 6.01 Å². The molecule has 5 nitrogen and oxygen atoms in total. The quantitative estimate of drug-likeness (QED) is 0.867. The van der Waals surface area contributed by atoms with Crippen molar-refractivity contribution in [2.24, 2.45) is 0 Å². The van der Waals surface area contributed by atoms with E-state index in [0.29, 0.717) is 5.56 Å². The Balaban J connectivity index is 2.15. The molecule has 1 atom stereocenters. The second kappa shape index (κ2) is 6.30. The minimum absolute atomic E-state index is 0.194. The molecule has 6 heteroatoms. The van der Waals surface area contributed by atoms with Crippen LogP contribution in [0, 0.1) is 5.82 Å². The minimum Gasteiger partial charge on any atom is -0.467 e. The Bertz CT molecular complexity index is 614. The van der Waals surface area contributed by atoms with Gasteiger partial charge in [0.2, 0.25) is 0 Å². The fourth-order valence-corrected chi connectivity index (χ4v) is 1.88. The first-order valence-electron chi connectivity index (χ1n) is 6.41. The van der Waals surface area contributed by atoms with Crippen LogP contribution in [0.5, 0.6) is 6.01 Å². The summed E-state index contributed by atoms with van der Waals surface area (Å²) in [5.74, 6) is -0.516. The molecule has 0 aliphatic rings. The van der Waals surface area contributed by atoms with E-state index < -0.39 is 0 Å². The number of benzene rings is 1. The maximum Gasteiger partial charge on any atom is 0.316 e. The number of aromatic nitrogens is 2. The molecule has 0 fully saturated rings. The number of hydrogen-bond acceptors (Lipinski definition) is 4. The van der Waals surface area contributed by atoms with E-state index in [1.165, 1.54) is 31.6 Å². The molecule has 0 aliphatic heterocycles. The molecule has 1 aromatic heterocycles. The lowest BCUT2D eigenvalue weighted by molar-refractivity contribution is 0.0741. The number of amides is 1. The second-order valence-electron chi connectivity index (χ2n) is 4.60. The SMILES string of the molecule is COc1ncc(C(=O)N(C)C(C)c2ccc(F)cc2)cn1. The van der Waals surface area contributed by atoms with E-state index in [2.05, 4.69) is 9.97 Å². The average molecular weight is 289 g/mol. The van der Waals surface area contributed by atoms with Gasteiger partial charge in [0.25, 0.3) is 5.91 Å². The van der Waals surface area contributed by atoms with Crippen molar-refractivity contribution in [1.82, 2.24) is 14.9 Å². The van der Waals surface area contributed by atoms with E-state index in [0.717, 1.165) is 5.56 Å². The highest BCUT2D eigenvalue weighted by atomic mass is 19.1. The number of nitrogens with zero attached hydrogens (tertiary/aromatic N) is 3. The largest absolute Gasteiger partial charge is 0.467 e. The van der Waals surface area contributed by atoms with Gasteiger partial charge in [-0.3, -0.25) is 4.79 Å². The number of hydrogen-bond donors (Lipinski definition) is 0. The van der Waals surface area contributed by atoms with Gasteiger partial charge in [-0.2, -0.15) is 0 Å². The number of methoxy groups -OCH3 is 1. The maximum atomic E-state index is 12.9. The molecular formula is C15H16FN3O2. The van der Waals surface area contributed by atoms with E-state index in [4.69, 9.17) is 4.74 Å². The Labute approximate surface area is 122 Å². The zero-order valence-electron chi connectivity index (χ0n) is 12.1. The summed E-state index contributed by atoms with van der Waals surface area (Å²) < 4.78 is 17.8. The molecule has 0 aliphatic carbocycles. The Morgan fingerprint density at radius 2 is 1.81 bits per heavy atom. The van der Waals surface area contributed by atoms with Gasteiger partial charge in [-0.15, -0.1) is 0 Å². The number of halogens is 1. The number of ether oxygens (including phenoxy) is 1. The highest BCUT2D eigenvalue weighted by Gasteiger charge is 2.19. The van der Waals surface area contributed by atoms with E-state index in [9.17, 15) is 9.18 Å².